The summed E-state index contributed by atoms with van der Waals surface area (Å²) >= 11 is 1.30. The summed E-state index contributed by atoms with van der Waals surface area (Å²) in [5, 5.41) is 1.80. The van der Waals surface area contributed by atoms with E-state index in [1.807, 2.05) is 20.8 Å². The van der Waals surface area contributed by atoms with Gasteiger partial charge >= 0.3 is 5.97 Å². The van der Waals surface area contributed by atoms with Crippen molar-refractivity contribution in [3.05, 3.63) is 46.7 Å². The van der Waals surface area contributed by atoms with E-state index >= 15 is 0 Å². The number of anilines is 1. The minimum Gasteiger partial charge on any atom is -0.427 e. The molecule has 152 valence electrons. The largest absolute Gasteiger partial charge is 0.427 e. The second-order valence-corrected chi connectivity index (χ2v) is 8.65. The fraction of sp³-hybridized carbons (Fsp3) is 0.333. The number of rotatable bonds is 4. The van der Waals surface area contributed by atoms with Crippen molar-refractivity contribution < 1.29 is 23.9 Å². The van der Waals surface area contributed by atoms with E-state index in [9.17, 15) is 19.2 Å². The first-order chi connectivity index (χ1) is 13.6. The minimum atomic E-state index is -0.884. The van der Waals surface area contributed by atoms with Gasteiger partial charge in [-0.2, -0.15) is 0 Å². The average Bonchev–Trinajstić information content (AvgIpc) is 3.24. The van der Waals surface area contributed by atoms with E-state index in [1.54, 1.807) is 29.6 Å². The summed E-state index contributed by atoms with van der Waals surface area (Å²) < 4.78 is 4.98. The third-order valence-corrected chi connectivity index (χ3v) is 5.32. The molecule has 0 aliphatic carbocycles. The zero-order chi connectivity index (χ0) is 21.3. The number of carbonyl (C=O) groups is 4. The van der Waals surface area contributed by atoms with Crippen molar-refractivity contribution in [1.82, 2.24) is 4.90 Å². The first-order valence-electron chi connectivity index (χ1n) is 9.12. The summed E-state index contributed by atoms with van der Waals surface area (Å²) in [6, 6.07) is 8.71. The van der Waals surface area contributed by atoms with Crippen LogP contribution in [-0.2, 0) is 14.4 Å². The molecule has 1 aromatic heterocycles. The number of amides is 3. The lowest BCUT2D eigenvalue weighted by Crippen LogP contribution is -2.54. The molecule has 1 saturated heterocycles. The van der Waals surface area contributed by atoms with Crippen molar-refractivity contribution in [2.75, 3.05) is 4.90 Å². The number of imide groups is 1. The monoisotopic (exact) mass is 414 g/mol. The Kier molecular flexibility index (Phi) is 5.57. The van der Waals surface area contributed by atoms with E-state index in [4.69, 9.17) is 4.74 Å². The predicted octanol–water partition coefficient (Wildman–Crippen LogP) is 3.25. The highest BCUT2D eigenvalue weighted by Crippen LogP contribution is 2.32. The molecule has 0 radical (unpaired) electrons. The van der Waals surface area contributed by atoms with Crippen molar-refractivity contribution >= 4 is 40.7 Å². The van der Waals surface area contributed by atoms with Crippen molar-refractivity contribution in [2.45, 2.75) is 45.7 Å². The van der Waals surface area contributed by atoms with Gasteiger partial charge in [0.15, 0.2) is 0 Å². The van der Waals surface area contributed by atoms with Crippen LogP contribution >= 0.6 is 11.3 Å². The Morgan fingerprint density at radius 2 is 1.79 bits per heavy atom. The first-order valence-corrected chi connectivity index (χ1v) is 10.00. The van der Waals surface area contributed by atoms with Gasteiger partial charge in [-0.15, -0.1) is 11.3 Å². The van der Waals surface area contributed by atoms with Crippen LogP contribution in [0.2, 0.25) is 0 Å². The molecule has 0 bridgehead atoms. The lowest BCUT2D eigenvalue weighted by atomic mass is 10.0. The highest BCUT2D eigenvalue weighted by molar-refractivity contribution is 7.12. The van der Waals surface area contributed by atoms with Gasteiger partial charge in [-0.1, -0.05) is 6.07 Å². The van der Waals surface area contributed by atoms with Crippen LogP contribution in [-0.4, -0.2) is 40.2 Å². The maximum Gasteiger partial charge on any atom is 0.308 e. The first kappa shape index (κ1) is 20.7. The quantitative estimate of drug-likeness (QED) is 0.436. The number of nitrogens with zero attached hydrogens (tertiary/aromatic N) is 2. The summed E-state index contributed by atoms with van der Waals surface area (Å²) in [5.74, 6) is -1.24. The zero-order valence-electron chi connectivity index (χ0n) is 16.7. The molecule has 7 nitrogen and oxygen atoms in total. The van der Waals surface area contributed by atoms with Crippen LogP contribution in [0.15, 0.2) is 41.8 Å². The molecule has 3 rings (SSSR count). The van der Waals surface area contributed by atoms with Gasteiger partial charge in [-0.25, -0.2) is 4.90 Å². The van der Waals surface area contributed by atoms with Crippen molar-refractivity contribution in [2.24, 2.45) is 0 Å². The summed E-state index contributed by atoms with van der Waals surface area (Å²) in [4.78, 5) is 53.1. The van der Waals surface area contributed by atoms with Crippen LogP contribution in [0.3, 0.4) is 0 Å². The van der Waals surface area contributed by atoms with Gasteiger partial charge in [0.25, 0.3) is 11.8 Å². The molecule has 0 N–H and O–H groups in total. The van der Waals surface area contributed by atoms with E-state index in [1.165, 1.54) is 35.3 Å². The Hall–Kier alpha value is -3.00. The maximum absolute atomic E-state index is 13.2. The van der Waals surface area contributed by atoms with E-state index in [-0.39, 0.29) is 18.2 Å². The molecule has 1 aliphatic rings. The Bertz CT molecular complexity index is 944. The van der Waals surface area contributed by atoms with Crippen LogP contribution in [0.4, 0.5) is 5.69 Å². The summed E-state index contributed by atoms with van der Waals surface area (Å²) in [5.41, 5.74) is -0.285. The predicted molar refractivity (Wildman–Crippen MR) is 109 cm³/mol. The third kappa shape index (κ3) is 4.22. The summed E-state index contributed by atoms with van der Waals surface area (Å²) in [6.45, 7) is 6.81. The molecule has 1 aliphatic heterocycles. The molecule has 1 atom stereocenters. The summed E-state index contributed by atoms with van der Waals surface area (Å²) in [7, 11) is 0. The van der Waals surface area contributed by atoms with Gasteiger partial charge in [0.1, 0.15) is 11.8 Å². The third-order valence-electron chi connectivity index (χ3n) is 4.46. The SMILES string of the molecule is CC(=O)Oc1ccc(N2C(=O)CC(N(C(=O)c3cccs3)C(C)(C)C)C2=O)cc1. The van der Waals surface area contributed by atoms with E-state index in [0.29, 0.717) is 16.3 Å². The Labute approximate surface area is 172 Å². The standard InChI is InChI=1S/C21H22N2O5S/c1-13(24)28-15-9-7-14(8-10-15)22-18(25)12-16(19(22)26)23(21(2,3)4)20(27)17-6-5-11-29-17/h5-11,16H,12H2,1-4H3. The van der Waals surface area contributed by atoms with E-state index < -0.39 is 23.5 Å². The number of ether oxygens (including phenoxy) is 1. The molecule has 0 spiro atoms. The van der Waals surface area contributed by atoms with Crippen molar-refractivity contribution in [3.63, 3.8) is 0 Å². The fourth-order valence-electron chi connectivity index (χ4n) is 3.35. The fourth-order valence-corrected chi connectivity index (χ4v) is 4.01. The lowest BCUT2D eigenvalue weighted by Gasteiger charge is -2.38. The molecule has 1 fully saturated rings. The average molecular weight is 414 g/mol. The van der Waals surface area contributed by atoms with Crippen LogP contribution < -0.4 is 9.64 Å². The van der Waals surface area contributed by atoms with E-state index in [2.05, 4.69) is 0 Å². The number of hydrogen-bond donors (Lipinski definition) is 0. The molecule has 0 saturated carbocycles. The van der Waals surface area contributed by atoms with Gasteiger partial charge in [0.2, 0.25) is 5.91 Å². The molecule has 3 amide bonds. The molecule has 29 heavy (non-hydrogen) atoms. The van der Waals surface area contributed by atoms with Crippen molar-refractivity contribution in [3.8, 4) is 5.75 Å². The maximum atomic E-state index is 13.2. The Morgan fingerprint density at radius 1 is 1.14 bits per heavy atom. The van der Waals surface area contributed by atoms with Crippen LogP contribution in [0, 0.1) is 0 Å². The molecule has 1 unspecified atom stereocenters. The highest BCUT2D eigenvalue weighted by atomic mass is 32.1. The molecule has 1 aromatic carbocycles. The zero-order valence-corrected chi connectivity index (χ0v) is 17.5. The van der Waals surface area contributed by atoms with Crippen LogP contribution in [0.5, 0.6) is 5.75 Å². The van der Waals surface area contributed by atoms with Crippen LogP contribution in [0.25, 0.3) is 0 Å². The molecular weight excluding hydrogens is 392 g/mol. The second-order valence-electron chi connectivity index (χ2n) is 7.70. The van der Waals surface area contributed by atoms with Crippen molar-refractivity contribution in [1.29, 1.82) is 0 Å². The Balaban J connectivity index is 1.90. The molecular formula is C21H22N2O5S. The second kappa shape index (κ2) is 7.79. The molecule has 2 aromatic rings. The number of thiophene rings is 1. The number of carbonyl (C=O) groups excluding carboxylic acids is 4. The smallest absolute Gasteiger partial charge is 0.308 e. The minimum absolute atomic E-state index is 0.0844. The summed E-state index contributed by atoms with van der Waals surface area (Å²) in [6.07, 6.45) is -0.0844. The van der Waals surface area contributed by atoms with Gasteiger partial charge in [-0.3, -0.25) is 19.2 Å². The van der Waals surface area contributed by atoms with Crippen LogP contribution in [0.1, 0.15) is 43.8 Å². The van der Waals surface area contributed by atoms with Gasteiger partial charge < -0.3 is 9.64 Å². The molecule has 2 heterocycles. The number of hydrogen-bond acceptors (Lipinski definition) is 6. The topological polar surface area (TPSA) is 84.0 Å². The highest BCUT2D eigenvalue weighted by Gasteiger charge is 2.47. The van der Waals surface area contributed by atoms with Gasteiger partial charge in [-0.05, 0) is 56.5 Å². The number of esters is 1. The normalized spacial score (nSPS) is 16.8. The number of benzene rings is 1. The van der Waals surface area contributed by atoms with E-state index in [0.717, 1.165) is 4.90 Å². The molecule has 8 heteroatoms. The lowest BCUT2D eigenvalue weighted by molar-refractivity contribution is -0.132. The van der Waals surface area contributed by atoms with Gasteiger partial charge in [0, 0.05) is 12.5 Å². The Morgan fingerprint density at radius 3 is 2.31 bits per heavy atom. The van der Waals surface area contributed by atoms with Gasteiger partial charge in [0.05, 0.1) is 17.0 Å².